The van der Waals surface area contributed by atoms with E-state index in [1.54, 1.807) is 18.2 Å². The molecule has 0 saturated heterocycles. The van der Waals surface area contributed by atoms with Gasteiger partial charge in [-0.25, -0.2) is 0 Å². The number of benzene rings is 1. The van der Waals surface area contributed by atoms with Gasteiger partial charge in [-0.3, -0.25) is 4.79 Å². The van der Waals surface area contributed by atoms with Gasteiger partial charge in [-0.15, -0.1) is 0 Å². The van der Waals surface area contributed by atoms with E-state index < -0.39 is 0 Å². The minimum atomic E-state index is -0.113. The van der Waals surface area contributed by atoms with E-state index in [-0.39, 0.29) is 17.9 Å². The zero-order valence-electron chi connectivity index (χ0n) is 12.4. The first-order valence-corrected chi connectivity index (χ1v) is 7.98. The van der Waals surface area contributed by atoms with Crippen LogP contribution in [0, 0.1) is 5.92 Å². The van der Waals surface area contributed by atoms with E-state index in [2.05, 4.69) is 5.32 Å². The predicted molar refractivity (Wildman–Crippen MR) is 85.8 cm³/mol. The van der Waals surface area contributed by atoms with Crippen molar-refractivity contribution in [1.82, 2.24) is 0 Å². The summed E-state index contributed by atoms with van der Waals surface area (Å²) in [5.41, 5.74) is 6.81. The van der Waals surface area contributed by atoms with Crippen molar-refractivity contribution in [2.45, 2.75) is 45.1 Å². The van der Waals surface area contributed by atoms with Gasteiger partial charge in [0.25, 0.3) is 0 Å². The maximum atomic E-state index is 12.4. The molecule has 0 heterocycles. The molecule has 1 aromatic carbocycles. The summed E-state index contributed by atoms with van der Waals surface area (Å²) in [5.74, 6) is 0.505. The van der Waals surface area contributed by atoms with Crippen LogP contribution in [0.25, 0.3) is 0 Å². The van der Waals surface area contributed by atoms with Crippen molar-refractivity contribution in [3.05, 3.63) is 23.2 Å². The summed E-state index contributed by atoms with van der Waals surface area (Å²) < 4.78 is 5.38. The van der Waals surface area contributed by atoms with Gasteiger partial charge in [-0.2, -0.15) is 0 Å². The number of amides is 1. The number of carbonyl (C=O) groups is 1. The van der Waals surface area contributed by atoms with Crippen LogP contribution >= 0.6 is 11.6 Å². The van der Waals surface area contributed by atoms with Gasteiger partial charge in [0.15, 0.2) is 0 Å². The van der Waals surface area contributed by atoms with E-state index in [4.69, 9.17) is 22.1 Å². The lowest BCUT2D eigenvalue weighted by molar-refractivity contribution is -0.120. The monoisotopic (exact) mass is 310 g/mol. The van der Waals surface area contributed by atoms with Crippen LogP contribution in [0.4, 0.5) is 5.69 Å². The molecule has 0 aromatic heterocycles. The molecule has 0 radical (unpaired) electrons. The molecule has 5 heteroatoms. The van der Waals surface area contributed by atoms with Gasteiger partial charge in [0, 0.05) is 11.7 Å². The third-order valence-corrected chi connectivity index (χ3v) is 4.20. The third-order valence-electron chi connectivity index (χ3n) is 3.91. The average Bonchev–Trinajstić information content (AvgIpc) is 2.66. The first-order valence-electron chi connectivity index (χ1n) is 7.60. The van der Waals surface area contributed by atoms with Crippen LogP contribution in [0.1, 0.15) is 39.0 Å². The van der Waals surface area contributed by atoms with Gasteiger partial charge in [-0.1, -0.05) is 30.9 Å². The standard InChI is InChI=1S/C16H23ClN2O2/c1-2-21-15-9-8-11(10-13(15)17)19-16(20)12-6-4-3-5-7-14(12)18/h8-10,12,14H,2-7,18H2,1H3,(H,19,20). The zero-order chi connectivity index (χ0) is 15.2. The number of nitrogens with one attached hydrogen (secondary N) is 1. The first kappa shape index (κ1) is 16.1. The third kappa shape index (κ3) is 4.35. The minimum absolute atomic E-state index is 0.00961. The molecular weight excluding hydrogens is 288 g/mol. The zero-order valence-corrected chi connectivity index (χ0v) is 13.2. The van der Waals surface area contributed by atoms with E-state index in [9.17, 15) is 4.79 Å². The normalized spacial score (nSPS) is 22.4. The number of halogens is 1. The summed E-state index contributed by atoms with van der Waals surface area (Å²) in [4.78, 5) is 12.4. The molecule has 116 valence electrons. The maximum absolute atomic E-state index is 12.4. The summed E-state index contributed by atoms with van der Waals surface area (Å²) in [6, 6.07) is 5.24. The van der Waals surface area contributed by atoms with Crippen molar-refractivity contribution < 1.29 is 9.53 Å². The van der Waals surface area contributed by atoms with Gasteiger partial charge in [0.05, 0.1) is 17.5 Å². The maximum Gasteiger partial charge on any atom is 0.229 e. The Hall–Kier alpha value is -1.26. The molecule has 1 aromatic rings. The number of anilines is 1. The van der Waals surface area contributed by atoms with Crippen molar-refractivity contribution >= 4 is 23.2 Å². The van der Waals surface area contributed by atoms with E-state index in [1.807, 2.05) is 6.92 Å². The highest BCUT2D eigenvalue weighted by Crippen LogP contribution is 2.29. The Morgan fingerprint density at radius 2 is 2.14 bits per heavy atom. The number of nitrogens with two attached hydrogens (primary N) is 1. The van der Waals surface area contributed by atoms with Crippen molar-refractivity contribution in [2.75, 3.05) is 11.9 Å². The van der Waals surface area contributed by atoms with E-state index in [0.29, 0.717) is 23.1 Å². The van der Waals surface area contributed by atoms with Crippen molar-refractivity contribution in [3.8, 4) is 5.75 Å². The molecule has 1 amide bonds. The Balaban J connectivity index is 2.03. The molecule has 21 heavy (non-hydrogen) atoms. The molecular formula is C16H23ClN2O2. The van der Waals surface area contributed by atoms with E-state index in [0.717, 1.165) is 32.1 Å². The smallest absolute Gasteiger partial charge is 0.229 e. The molecule has 0 aliphatic heterocycles. The Morgan fingerprint density at radius 1 is 1.38 bits per heavy atom. The summed E-state index contributed by atoms with van der Waals surface area (Å²) in [6.45, 7) is 2.46. The van der Waals surface area contributed by atoms with Crippen LogP contribution in [0.2, 0.25) is 5.02 Å². The summed E-state index contributed by atoms with van der Waals surface area (Å²) in [5, 5.41) is 3.42. The Labute approximate surface area is 131 Å². The number of carbonyl (C=O) groups excluding carboxylic acids is 1. The lowest BCUT2D eigenvalue weighted by atomic mass is 9.94. The van der Waals surface area contributed by atoms with Crippen LogP contribution in [0.3, 0.4) is 0 Å². The molecule has 2 rings (SSSR count). The first-order chi connectivity index (χ1) is 10.1. The molecule has 3 N–H and O–H groups in total. The lowest BCUT2D eigenvalue weighted by Gasteiger charge is -2.20. The van der Waals surface area contributed by atoms with Crippen LogP contribution in [-0.2, 0) is 4.79 Å². The second kappa shape index (κ2) is 7.66. The highest BCUT2D eigenvalue weighted by Gasteiger charge is 2.27. The molecule has 1 saturated carbocycles. The fraction of sp³-hybridized carbons (Fsp3) is 0.562. The molecule has 0 spiro atoms. The van der Waals surface area contributed by atoms with Crippen molar-refractivity contribution in [3.63, 3.8) is 0 Å². The molecule has 1 fully saturated rings. The largest absolute Gasteiger partial charge is 0.492 e. The van der Waals surface area contributed by atoms with Gasteiger partial charge in [-0.05, 0) is 38.0 Å². The Bertz CT molecular complexity index is 493. The number of ether oxygens (including phenoxy) is 1. The highest BCUT2D eigenvalue weighted by molar-refractivity contribution is 6.32. The Morgan fingerprint density at radius 3 is 2.86 bits per heavy atom. The highest BCUT2D eigenvalue weighted by atomic mass is 35.5. The van der Waals surface area contributed by atoms with Crippen LogP contribution < -0.4 is 15.8 Å². The van der Waals surface area contributed by atoms with Gasteiger partial charge >= 0.3 is 0 Å². The van der Waals surface area contributed by atoms with Gasteiger partial charge in [0.1, 0.15) is 5.75 Å². The number of rotatable bonds is 4. The van der Waals surface area contributed by atoms with Gasteiger partial charge < -0.3 is 15.8 Å². The van der Waals surface area contributed by atoms with E-state index in [1.165, 1.54) is 0 Å². The SMILES string of the molecule is CCOc1ccc(NC(=O)C2CCCCCC2N)cc1Cl. The summed E-state index contributed by atoms with van der Waals surface area (Å²) >= 11 is 6.13. The number of hydrogen-bond acceptors (Lipinski definition) is 3. The lowest BCUT2D eigenvalue weighted by Crippen LogP contribution is -2.37. The second-order valence-electron chi connectivity index (χ2n) is 5.48. The van der Waals surface area contributed by atoms with Crippen molar-refractivity contribution in [1.29, 1.82) is 0 Å². The average molecular weight is 311 g/mol. The summed E-state index contributed by atoms with van der Waals surface area (Å²) in [7, 11) is 0. The van der Waals surface area contributed by atoms with Gasteiger partial charge in [0.2, 0.25) is 5.91 Å². The second-order valence-corrected chi connectivity index (χ2v) is 5.88. The fourth-order valence-corrected chi connectivity index (χ4v) is 2.98. The molecule has 2 atom stereocenters. The molecule has 0 bridgehead atoms. The van der Waals surface area contributed by atoms with Crippen molar-refractivity contribution in [2.24, 2.45) is 11.7 Å². The number of hydrogen-bond donors (Lipinski definition) is 2. The molecule has 4 nitrogen and oxygen atoms in total. The van der Waals surface area contributed by atoms with Crippen LogP contribution in [-0.4, -0.2) is 18.6 Å². The molecule has 1 aliphatic rings. The fourth-order valence-electron chi connectivity index (χ4n) is 2.75. The summed E-state index contributed by atoms with van der Waals surface area (Å²) in [6.07, 6.45) is 5.11. The van der Waals surface area contributed by atoms with E-state index >= 15 is 0 Å². The minimum Gasteiger partial charge on any atom is -0.492 e. The topological polar surface area (TPSA) is 64.3 Å². The molecule has 2 unspecified atom stereocenters. The quantitative estimate of drug-likeness (QED) is 0.835. The predicted octanol–water partition coefficient (Wildman–Crippen LogP) is 3.58. The van der Waals surface area contributed by atoms with Crippen LogP contribution in [0.15, 0.2) is 18.2 Å². The van der Waals surface area contributed by atoms with Crippen LogP contribution in [0.5, 0.6) is 5.75 Å². The molecule has 1 aliphatic carbocycles. The Kier molecular flexibility index (Phi) is 5.88.